The van der Waals surface area contributed by atoms with Crippen molar-refractivity contribution in [1.82, 2.24) is 0 Å². The van der Waals surface area contributed by atoms with E-state index in [1.165, 1.54) is 6.07 Å². The van der Waals surface area contributed by atoms with E-state index in [4.69, 9.17) is 11.6 Å². The quantitative estimate of drug-likeness (QED) is 0.517. The Morgan fingerprint density at radius 1 is 1.44 bits per heavy atom. The van der Waals surface area contributed by atoms with Gasteiger partial charge in [0.2, 0.25) is 10.0 Å². The molecule has 1 heterocycles. The van der Waals surface area contributed by atoms with Gasteiger partial charge in [-0.3, -0.25) is 4.21 Å². The Balaban J connectivity index is 0.00000162. The minimum absolute atomic E-state index is 0. The molecule has 0 bridgehead atoms. The van der Waals surface area contributed by atoms with Gasteiger partial charge < -0.3 is 19.0 Å². The van der Waals surface area contributed by atoms with Crippen LogP contribution in [0.5, 0.6) is 0 Å². The average Bonchev–Trinajstić information content (AvgIpc) is 2.19. The van der Waals surface area contributed by atoms with Gasteiger partial charge in [0, 0.05) is 11.3 Å². The molecular formula is C7H4ClN3NaO4S2-. The molecule has 0 aromatic heterocycles. The Labute approximate surface area is 133 Å². The number of halogens is 1. The van der Waals surface area contributed by atoms with E-state index < -0.39 is 21.3 Å². The van der Waals surface area contributed by atoms with Gasteiger partial charge in [-0.15, -0.1) is 0 Å². The first-order chi connectivity index (χ1) is 7.90. The normalized spacial score (nSPS) is 17.0. The molecule has 11 heteroatoms. The second-order valence-electron chi connectivity index (χ2n) is 2.96. The molecule has 1 atom stereocenters. The van der Waals surface area contributed by atoms with E-state index in [1.54, 1.807) is 0 Å². The predicted octanol–water partition coefficient (Wildman–Crippen LogP) is -1.71. The van der Waals surface area contributed by atoms with E-state index in [9.17, 15) is 17.2 Å². The third-order valence-electron chi connectivity index (χ3n) is 1.90. The minimum atomic E-state index is -3.84. The second-order valence-corrected chi connectivity index (χ2v) is 5.64. The Kier molecular flexibility index (Phi) is 5.18. The molecule has 1 aliphatic rings. The first-order valence-corrected chi connectivity index (χ1v) is 6.98. The number of sulfonamides is 1. The summed E-state index contributed by atoms with van der Waals surface area (Å²) in [5.41, 5.74) is 0.0712. The molecule has 0 aliphatic carbocycles. The van der Waals surface area contributed by atoms with Crippen LogP contribution >= 0.6 is 11.6 Å². The topological polar surface area (TPSA) is 113 Å². The van der Waals surface area contributed by atoms with Crippen molar-refractivity contribution in [1.29, 1.82) is 0 Å². The number of hydrogen-bond acceptors (Lipinski definition) is 5. The first kappa shape index (κ1) is 15.9. The van der Waals surface area contributed by atoms with Crippen LogP contribution in [0.2, 0.25) is 5.02 Å². The van der Waals surface area contributed by atoms with Crippen molar-refractivity contribution in [2.75, 3.05) is 4.72 Å². The molecule has 92 valence electrons. The number of nitrogens with zero attached hydrogens (tertiary/aromatic N) is 2. The fraction of sp³-hybridized carbons (Fsp3) is 0. The molecule has 0 amide bonds. The summed E-state index contributed by atoms with van der Waals surface area (Å²) in [6.07, 6.45) is 0.896. The predicted molar refractivity (Wildman–Crippen MR) is 62.7 cm³/mol. The average molecular weight is 317 g/mol. The molecule has 1 aromatic rings. The maximum Gasteiger partial charge on any atom is 1.00 e. The molecule has 0 radical (unpaired) electrons. The van der Waals surface area contributed by atoms with Crippen LogP contribution in [0.15, 0.2) is 22.0 Å². The van der Waals surface area contributed by atoms with Gasteiger partial charge in [-0.1, -0.05) is 17.9 Å². The third-order valence-corrected chi connectivity index (χ3v) is 3.86. The molecule has 7 nitrogen and oxygen atoms in total. The summed E-state index contributed by atoms with van der Waals surface area (Å²) in [5.74, 6) is 0. The molecular weight excluding hydrogens is 313 g/mol. The number of hydrogen-bond donors (Lipinski definition) is 1. The van der Waals surface area contributed by atoms with Gasteiger partial charge in [-0.05, 0) is 17.8 Å². The van der Waals surface area contributed by atoms with E-state index in [2.05, 4.69) is 9.71 Å². The number of aliphatic imine (C=N–C) groups is 1. The van der Waals surface area contributed by atoms with Crippen LogP contribution in [0.1, 0.15) is 0 Å². The summed E-state index contributed by atoms with van der Waals surface area (Å²) >= 11 is 3.16. The maximum atomic E-state index is 11.5. The van der Waals surface area contributed by atoms with Gasteiger partial charge in [-0.25, -0.2) is 8.42 Å². The van der Waals surface area contributed by atoms with Crippen LogP contribution in [-0.2, 0) is 21.3 Å². The number of nitrogens with one attached hydrogen (secondary N) is 1. The van der Waals surface area contributed by atoms with Crippen LogP contribution in [-0.4, -0.2) is 23.5 Å². The van der Waals surface area contributed by atoms with E-state index >= 15 is 0 Å². The molecule has 0 spiro atoms. The first-order valence-electron chi connectivity index (χ1n) is 4.09. The smallest absolute Gasteiger partial charge is 0.755 e. The van der Waals surface area contributed by atoms with Crippen LogP contribution in [0.3, 0.4) is 0 Å². The van der Waals surface area contributed by atoms with Crippen molar-refractivity contribution < 1.29 is 46.7 Å². The van der Waals surface area contributed by atoms with Crippen LogP contribution in [0.4, 0.5) is 11.4 Å². The Morgan fingerprint density at radius 2 is 2.11 bits per heavy atom. The number of rotatable bonds is 2. The van der Waals surface area contributed by atoms with Gasteiger partial charge in [0.15, 0.2) is 0 Å². The molecule has 0 saturated carbocycles. The van der Waals surface area contributed by atoms with E-state index in [1.807, 2.05) is 4.72 Å². The van der Waals surface area contributed by atoms with Crippen molar-refractivity contribution >= 4 is 50.6 Å². The van der Waals surface area contributed by atoms with Gasteiger partial charge in [0.25, 0.3) is 0 Å². The van der Waals surface area contributed by atoms with E-state index in [0.717, 1.165) is 12.4 Å². The summed E-state index contributed by atoms with van der Waals surface area (Å²) in [7, 11) is -3.84. The number of anilines is 1. The summed E-state index contributed by atoms with van der Waals surface area (Å²) in [5, 5.41) is 0.0437. The monoisotopic (exact) mass is 316 g/mol. The Hall–Kier alpha value is -0.160. The zero-order chi connectivity index (χ0) is 12.6. The fourth-order valence-corrected chi connectivity index (χ4v) is 2.76. The third kappa shape index (κ3) is 3.23. The zero-order valence-electron chi connectivity index (χ0n) is 8.95. The van der Waals surface area contributed by atoms with Gasteiger partial charge in [-0.2, -0.15) is 0 Å². The summed E-state index contributed by atoms with van der Waals surface area (Å²) < 4.78 is 49.2. The summed E-state index contributed by atoms with van der Waals surface area (Å²) in [6, 6.07) is 2.32. The van der Waals surface area contributed by atoms with Crippen molar-refractivity contribution in [3.05, 3.63) is 21.9 Å². The Morgan fingerprint density at radius 3 is 2.72 bits per heavy atom. The van der Waals surface area contributed by atoms with Crippen LogP contribution in [0, 0.1) is 0 Å². The van der Waals surface area contributed by atoms with Crippen molar-refractivity contribution in [2.24, 2.45) is 4.99 Å². The molecule has 1 aromatic carbocycles. The van der Waals surface area contributed by atoms with Crippen LogP contribution < -0.4 is 34.3 Å². The van der Waals surface area contributed by atoms with Crippen molar-refractivity contribution in [2.45, 2.75) is 4.90 Å². The summed E-state index contributed by atoms with van der Waals surface area (Å²) in [4.78, 5) is 3.54. The van der Waals surface area contributed by atoms with E-state index in [-0.39, 0.29) is 50.9 Å². The Bertz CT molecular complexity index is 634. The van der Waals surface area contributed by atoms with Crippen LogP contribution in [0.25, 0.3) is 4.72 Å². The van der Waals surface area contributed by atoms with E-state index in [0.29, 0.717) is 0 Å². The molecule has 1 unspecified atom stereocenters. The molecule has 0 saturated heterocycles. The molecule has 1 aliphatic heterocycles. The largest absolute Gasteiger partial charge is 1.00 e. The minimum Gasteiger partial charge on any atom is -0.755 e. The zero-order valence-corrected chi connectivity index (χ0v) is 13.3. The maximum absolute atomic E-state index is 11.5. The SMILES string of the molecule is O=S([O-])Nc1cc2c(cc1Cl)N=C[N-]S2(=O)=O.[Na+]. The van der Waals surface area contributed by atoms with Gasteiger partial charge in [0.1, 0.15) is 0 Å². The second kappa shape index (κ2) is 5.87. The molecule has 2 rings (SSSR count). The van der Waals surface area contributed by atoms with Crippen molar-refractivity contribution in [3.63, 3.8) is 0 Å². The molecule has 18 heavy (non-hydrogen) atoms. The summed E-state index contributed by atoms with van der Waals surface area (Å²) in [6.45, 7) is 0. The molecule has 1 N–H and O–H groups in total. The standard InChI is InChI=1S/C7H5ClN3O4S2.Na/c8-4-1-6-7(2-5(4)11-16(12)13)17(14,15)10-3-9-6;/h1-3,11H,(H-,9,10,12,13);/q-1;+1/p-1. The number of benzene rings is 1. The van der Waals surface area contributed by atoms with Crippen molar-refractivity contribution in [3.8, 4) is 0 Å². The van der Waals surface area contributed by atoms with Gasteiger partial charge in [0.05, 0.1) is 15.6 Å². The van der Waals surface area contributed by atoms with Gasteiger partial charge >= 0.3 is 29.6 Å². The number of fused-ring (bicyclic) bond motifs is 1. The molecule has 0 fully saturated rings. The fourth-order valence-electron chi connectivity index (χ4n) is 1.22.